The molecule has 0 radical (unpaired) electrons. The zero-order chi connectivity index (χ0) is 17.2. The minimum absolute atomic E-state index is 0. The van der Waals surface area contributed by atoms with E-state index in [1.807, 2.05) is 0 Å². The third-order valence-corrected chi connectivity index (χ3v) is 7.48. The van der Waals surface area contributed by atoms with Crippen molar-refractivity contribution >= 4 is 28.9 Å². The van der Waals surface area contributed by atoms with Crippen molar-refractivity contribution in [3.05, 3.63) is 0 Å². The van der Waals surface area contributed by atoms with Gasteiger partial charge < -0.3 is 22.1 Å². The highest BCUT2D eigenvalue weighted by Gasteiger charge is 1.95. The van der Waals surface area contributed by atoms with Crippen molar-refractivity contribution in [2.45, 2.75) is 110 Å². The molecule has 0 saturated carbocycles. The topological polar surface area (TPSA) is 119 Å². The quantitative estimate of drug-likeness (QED) is 0.191. The summed E-state index contributed by atoms with van der Waals surface area (Å²) in [5, 5.41) is 0. The first-order valence-corrected chi connectivity index (χ1v) is 14.0. The van der Waals surface area contributed by atoms with Crippen molar-refractivity contribution in [3.8, 4) is 0 Å². The SMILES string of the molecule is CCCCCCCCCCCCCCCCCCSP([O-])([O-])=S.[NH4+].[NH4+]. The second-order valence-corrected chi connectivity index (χ2v) is 12.5. The van der Waals surface area contributed by atoms with E-state index in [2.05, 4.69) is 18.7 Å². The predicted molar refractivity (Wildman–Crippen MR) is 118 cm³/mol. The predicted octanol–water partition coefficient (Wildman–Crippen LogP) is 6.68. The van der Waals surface area contributed by atoms with E-state index in [-0.39, 0.29) is 12.3 Å². The summed E-state index contributed by atoms with van der Waals surface area (Å²) in [5.41, 5.74) is -3.51. The molecule has 156 valence electrons. The first-order valence-electron chi connectivity index (χ1n) is 9.73. The van der Waals surface area contributed by atoms with Crippen LogP contribution in [0.4, 0.5) is 0 Å². The Labute approximate surface area is 166 Å². The van der Waals surface area contributed by atoms with E-state index in [1.54, 1.807) is 0 Å². The number of hydrogen-bond donors (Lipinski definition) is 2. The smallest absolute Gasteiger partial charge is 0.00419 e. The molecule has 0 amide bonds. The van der Waals surface area contributed by atoms with Gasteiger partial charge in [0, 0.05) is 0 Å². The van der Waals surface area contributed by atoms with Crippen LogP contribution < -0.4 is 22.1 Å². The maximum atomic E-state index is 10.8. The van der Waals surface area contributed by atoms with Crippen LogP contribution in [0, 0.1) is 0 Å². The van der Waals surface area contributed by atoms with Crippen LogP contribution in [-0.4, -0.2) is 5.75 Å². The van der Waals surface area contributed by atoms with Crippen LogP contribution in [-0.2, 0) is 11.8 Å². The summed E-state index contributed by atoms with van der Waals surface area (Å²) in [6.45, 7) is 2.27. The van der Waals surface area contributed by atoms with Crippen LogP contribution in [0.2, 0.25) is 0 Å². The molecule has 0 aliphatic rings. The number of rotatable bonds is 18. The highest BCUT2D eigenvalue weighted by Crippen LogP contribution is 2.42. The van der Waals surface area contributed by atoms with Crippen molar-refractivity contribution in [1.82, 2.24) is 12.3 Å². The normalized spacial score (nSPS) is 11.0. The summed E-state index contributed by atoms with van der Waals surface area (Å²) in [4.78, 5) is 21.6. The number of unbranched alkanes of at least 4 members (excludes halogenated alkanes) is 15. The zero-order valence-electron chi connectivity index (χ0n) is 17.1. The Hall–Kier alpha value is 0.840. The fourth-order valence-corrected chi connectivity index (χ4v) is 5.11. The van der Waals surface area contributed by atoms with Crippen LogP contribution in [0.1, 0.15) is 110 Å². The average molecular weight is 417 g/mol. The lowest BCUT2D eigenvalue weighted by Crippen LogP contribution is -2.09. The van der Waals surface area contributed by atoms with Crippen molar-refractivity contribution in [3.63, 3.8) is 0 Å². The Morgan fingerprint density at radius 1 is 0.600 bits per heavy atom. The number of quaternary nitrogens is 2. The van der Waals surface area contributed by atoms with Gasteiger partial charge in [-0.2, -0.15) is 17.1 Å². The zero-order valence-corrected chi connectivity index (χ0v) is 19.6. The molecule has 0 bridgehead atoms. The van der Waals surface area contributed by atoms with Crippen LogP contribution >= 0.6 is 17.1 Å². The van der Waals surface area contributed by atoms with Gasteiger partial charge in [0.25, 0.3) is 0 Å². The molecule has 0 unspecified atom stereocenters. The molecule has 25 heavy (non-hydrogen) atoms. The highest BCUT2D eigenvalue weighted by molar-refractivity contribution is 8.66. The molecule has 0 saturated heterocycles. The molecule has 0 aliphatic carbocycles. The molecule has 0 aliphatic heterocycles. The van der Waals surface area contributed by atoms with Crippen LogP contribution in [0.5, 0.6) is 0 Å². The van der Waals surface area contributed by atoms with E-state index < -0.39 is 5.69 Å². The maximum Gasteiger partial charge on any atom is -0.00419 e. The van der Waals surface area contributed by atoms with Gasteiger partial charge in [0.15, 0.2) is 0 Å². The van der Waals surface area contributed by atoms with Gasteiger partial charge in [0.05, 0.1) is 0 Å². The molecule has 7 heteroatoms. The van der Waals surface area contributed by atoms with E-state index in [4.69, 9.17) is 0 Å². The molecular weight excluding hydrogens is 371 g/mol. The van der Waals surface area contributed by atoms with Crippen LogP contribution in [0.3, 0.4) is 0 Å². The fourth-order valence-electron chi connectivity index (χ4n) is 2.83. The van der Waals surface area contributed by atoms with Gasteiger partial charge in [0.1, 0.15) is 0 Å². The standard InChI is InChI=1S/C18H39O2PS2.2H3N/c1-2-3-4-5-6-7-8-9-10-11-12-13-14-15-16-17-18-23-21(19,20)22;;/h2-18H2,1H3,(H2,19,20,22);2*1H3. The molecule has 0 rings (SSSR count). The molecule has 8 N–H and O–H groups in total. The highest BCUT2D eigenvalue weighted by atomic mass is 32.9. The summed E-state index contributed by atoms with van der Waals surface area (Å²) in [6, 6.07) is 0. The van der Waals surface area contributed by atoms with Crippen molar-refractivity contribution in [2.24, 2.45) is 0 Å². The van der Waals surface area contributed by atoms with Gasteiger partial charge in [-0.25, -0.2) is 0 Å². The van der Waals surface area contributed by atoms with E-state index >= 15 is 0 Å². The van der Waals surface area contributed by atoms with E-state index in [0.717, 1.165) is 24.2 Å². The van der Waals surface area contributed by atoms with Crippen molar-refractivity contribution < 1.29 is 9.79 Å². The molecule has 0 aromatic carbocycles. The van der Waals surface area contributed by atoms with Crippen molar-refractivity contribution in [1.29, 1.82) is 0 Å². The lowest BCUT2D eigenvalue weighted by Gasteiger charge is -2.33. The van der Waals surface area contributed by atoms with E-state index in [9.17, 15) is 9.79 Å². The molecular formula is C18H45N2O2PS2. The van der Waals surface area contributed by atoms with E-state index in [1.165, 1.54) is 89.9 Å². The van der Waals surface area contributed by atoms with Crippen molar-refractivity contribution in [2.75, 3.05) is 5.75 Å². The summed E-state index contributed by atoms with van der Waals surface area (Å²) >= 11 is 5.29. The molecule has 0 spiro atoms. The molecule has 0 atom stereocenters. The first-order chi connectivity index (χ1) is 11.1. The van der Waals surface area contributed by atoms with Gasteiger partial charge in [0.2, 0.25) is 0 Å². The van der Waals surface area contributed by atoms with Gasteiger partial charge >= 0.3 is 0 Å². The van der Waals surface area contributed by atoms with Gasteiger partial charge in [-0.15, -0.1) is 11.8 Å². The van der Waals surface area contributed by atoms with Gasteiger partial charge in [-0.05, 0) is 12.2 Å². The second-order valence-electron chi connectivity index (χ2n) is 6.58. The van der Waals surface area contributed by atoms with E-state index in [0.29, 0.717) is 5.75 Å². The maximum absolute atomic E-state index is 10.8. The molecule has 0 heterocycles. The molecule has 4 nitrogen and oxygen atoms in total. The summed E-state index contributed by atoms with van der Waals surface area (Å²) in [5.74, 6) is 0.669. The summed E-state index contributed by atoms with van der Waals surface area (Å²) in [7, 11) is 0. The Morgan fingerprint density at radius 3 is 1.16 bits per heavy atom. The lowest BCUT2D eigenvalue weighted by atomic mass is 10.0. The molecule has 0 fully saturated rings. The lowest BCUT2D eigenvalue weighted by molar-refractivity contribution is -0.284. The Bertz CT molecular complexity index is 292. The van der Waals surface area contributed by atoms with Gasteiger partial charge in [-0.1, -0.05) is 103 Å². The monoisotopic (exact) mass is 416 g/mol. The Kier molecular flexibility index (Phi) is 28.0. The minimum atomic E-state index is -3.51. The summed E-state index contributed by atoms with van der Waals surface area (Å²) < 4.78 is 0. The Morgan fingerprint density at radius 2 is 0.880 bits per heavy atom. The average Bonchev–Trinajstić information content (AvgIpc) is 2.49. The molecule has 0 aromatic rings. The number of hydrogen-bond acceptors (Lipinski definition) is 4. The molecule has 0 aromatic heterocycles. The largest absolute Gasteiger partial charge is 0.825 e. The van der Waals surface area contributed by atoms with Gasteiger partial charge in [-0.3, -0.25) is 0 Å². The minimum Gasteiger partial charge on any atom is -0.825 e. The second kappa shape index (κ2) is 22.9. The first kappa shape index (κ1) is 30.6. The Balaban J connectivity index is -0.00000242. The fraction of sp³-hybridized carbons (Fsp3) is 1.00. The van der Waals surface area contributed by atoms with Crippen LogP contribution in [0.15, 0.2) is 0 Å². The third kappa shape index (κ3) is 29.8. The summed E-state index contributed by atoms with van der Waals surface area (Å²) in [6.07, 6.45) is 21.5. The van der Waals surface area contributed by atoms with Crippen LogP contribution in [0.25, 0.3) is 0 Å². The third-order valence-electron chi connectivity index (χ3n) is 4.25.